The van der Waals surface area contributed by atoms with Crippen molar-refractivity contribution in [2.75, 3.05) is 12.4 Å². The van der Waals surface area contributed by atoms with Crippen LogP contribution in [0, 0.1) is 5.92 Å². The molecule has 1 aliphatic carbocycles. The molecule has 0 aliphatic heterocycles. The molecule has 1 aliphatic rings. The topological polar surface area (TPSA) is 76.1 Å². The van der Waals surface area contributed by atoms with E-state index in [0.717, 1.165) is 46.9 Å². The van der Waals surface area contributed by atoms with Gasteiger partial charge in [0.15, 0.2) is 0 Å². The van der Waals surface area contributed by atoms with Gasteiger partial charge in [-0.25, -0.2) is 4.79 Å². The number of amides is 1. The number of benzene rings is 2. The standard InChI is InChI=1S/C21H22BrN3O3/c1-28-16-5-2-4-14(12-16)23-20(26)13-8-10-15(11-9-13)25-18-7-3-6-17(22)19(18)24-21(25)27/h2-7,12-13,15H,8-11H2,1H3,(H,23,26)(H,24,27). The van der Waals surface area contributed by atoms with Crippen LogP contribution < -0.4 is 15.7 Å². The lowest BCUT2D eigenvalue weighted by atomic mass is 9.85. The first-order valence-corrected chi connectivity index (χ1v) is 10.2. The molecule has 28 heavy (non-hydrogen) atoms. The quantitative estimate of drug-likeness (QED) is 0.624. The van der Waals surface area contributed by atoms with Crippen LogP contribution in [-0.4, -0.2) is 22.6 Å². The molecule has 0 saturated heterocycles. The molecule has 146 valence electrons. The van der Waals surface area contributed by atoms with Crippen LogP contribution in [0.3, 0.4) is 0 Å². The highest BCUT2D eigenvalue weighted by atomic mass is 79.9. The number of methoxy groups -OCH3 is 1. The predicted octanol–water partition coefficient (Wildman–Crippen LogP) is 4.47. The fourth-order valence-corrected chi connectivity index (χ4v) is 4.47. The number of hydrogen-bond acceptors (Lipinski definition) is 3. The number of aromatic amines is 1. The maximum Gasteiger partial charge on any atom is 0.326 e. The molecule has 1 aromatic heterocycles. The second-order valence-electron chi connectivity index (χ2n) is 7.16. The van der Waals surface area contributed by atoms with Crippen LogP contribution in [0.5, 0.6) is 5.75 Å². The summed E-state index contributed by atoms with van der Waals surface area (Å²) in [6.45, 7) is 0. The number of anilines is 1. The molecule has 7 heteroatoms. The lowest BCUT2D eigenvalue weighted by Crippen LogP contribution is -2.31. The maximum absolute atomic E-state index is 12.7. The number of fused-ring (bicyclic) bond motifs is 1. The molecule has 0 radical (unpaired) electrons. The molecule has 2 N–H and O–H groups in total. The Hall–Kier alpha value is -2.54. The number of nitrogens with one attached hydrogen (secondary N) is 2. The van der Waals surface area contributed by atoms with Crippen LogP contribution in [0.15, 0.2) is 51.7 Å². The molecule has 1 heterocycles. The summed E-state index contributed by atoms with van der Waals surface area (Å²) in [6, 6.07) is 13.3. The molecule has 6 nitrogen and oxygen atoms in total. The van der Waals surface area contributed by atoms with Gasteiger partial charge < -0.3 is 15.0 Å². The number of carbonyl (C=O) groups is 1. The molecule has 1 amide bonds. The van der Waals surface area contributed by atoms with Gasteiger partial charge in [0.25, 0.3) is 0 Å². The monoisotopic (exact) mass is 443 g/mol. The zero-order chi connectivity index (χ0) is 19.7. The minimum Gasteiger partial charge on any atom is -0.497 e. The average molecular weight is 444 g/mol. The Labute approximate surface area is 171 Å². The van der Waals surface area contributed by atoms with Gasteiger partial charge in [0.2, 0.25) is 5.91 Å². The van der Waals surface area contributed by atoms with Gasteiger partial charge >= 0.3 is 5.69 Å². The Morgan fingerprint density at radius 2 is 1.93 bits per heavy atom. The number of imidazole rings is 1. The second-order valence-corrected chi connectivity index (χ2v) is 8.02. The van der Waals surface area contributed by atoms with E-state index in [1.54, 1.807) is 7.11 Å². The summed E-state index contributed by atoms with van der Waals surface area (Å²) in [5, 5.41) is 2.98. The maximum atomic E-state index is 12.7. The number of aromatic nitrogens is 2. The minimum absolute atomic E-state index is 0.0284. The fraction of sp³-hybridized carbons (Fsp3) is 0.333. The summed E-state index contributed by atoms with van der Waals surface area (Å²) in [5.74, 6) is 0.696. The number of para-hydroxylation sites is 1. The third-order valence-corrected chi connectivity index (χ3v) is 6.13. The third kappa shape index (κ3) is 3.58. The molecule has 2 aromatic carbocycles. The predicted molar refractivity (Wildman–Crippen MR) is 113 cm³/mol. The number of halogens is 1. The first kappa shape index (κ1) is 18.8. The average Bonchev–Trinajstić information content (AvgIpc) is 3.05. The Morgan fingerprint density at radius 1 is 1.18 bits per heavy atom. The highest BCUT2D eigenvalue weighted by Gasteiger charge is 2.29. The first-order valence-electron chi connectivity index (χ1n) is 9.40. The van der Waals surface area contributed by atoms with Gasteiger partial charge in [0.05, 0.1) is 18.1 Å². The Balaban J connectivity index is 1.45. The summed E-state index contributed by atoms with van der Waals surface area (Å²) in [7, 11) is 1.60. The first-order chi connectivity index (χ1) is 13.6. The Kier molecular flexibility index (Phi) is 5.26. The van der Waals surface area contributed by atoms with Crippen molar-refractivity contribution >= 4 is 38.6 Å². The van der Waals surface area contributed by atoms with E-state index in [9.17, 15) is 9.59 Å². The lowest BCUT2D eigenvalue weighted by Gasteiger charge is -2.28. The van der Waals surface area contributed by atoms with Crippen molar-refractivity contribution in [2.24, 2.45) is 5.92 Å². The van der Waals surface area contributed by atoms with E-state index >= 15 is 0 Å². The van der Waals surface area contributed by atoms with Crippen molar-refractivity contribution in [1.82, 2.24) is 9.55 Å². The molecule has 0 bridgehead atoms. The minimum atomic E-state index is -0.0915. The van der Waals surface area contributed by atoms with Crippen molar-refractivity contribution < 1.29 is 9.53 Å². The van der Waals surface area contributed by atoms with Crippen LogP contribution >= 0.6 is 15.9 Å². The zero-order valence-corrected chi connectivity index (χ0v) is 17.2. The summed E-state index contributed by atoms with van der Waals surface area (Å²) >= 11 is 3.49. The second kappa shape index (κ2) is 7.83. The van der Waals surface area contributed by atoms with Crippen LogP contribution in [0.2, 0.25) is 0 Å². The molecule has 3 aromatic rings. The molecule has 4 rings (SSSR count). The van der Waals surface area contributed by atoms with Crippen LogP contribution in [0.4, 0.5) is 5.69 Å². The van der Waals surface area contributed by atoms with E-state index < -0.39 is 0 Å². The van der Waals surface area contributed by atoms with Crippen LogP contribution in [0.25, 0.3) is 11.0 Å². The highest BCUT2D eigenvalue weighted by molar-refractivity contribution is 9.10. The molecular weight excluding hydrogens is 422 g/mol. The SMILES string of the molecule is COc1cccc(NC(=O)C2CCC(n3c(=O)[nH]c4c(Br)cccc43)CC2)c1. The van der Waals surface area contributed by atoms with E-state index in [1.165, 1.54) is 0 Å². The molecule has 0 spiro atoms. The van der Waals surface area contributed by atoms with Gasteiger partial charge in [-0.1, -0.05) is 12.1 Å². The van der Waals surface area contributed by atoms with Crippen LogP contribution in [0.1, 0.15) is 31.7 Å². The summed E-state index contributed by atoms with van der Waals surface area (Å²) in [4.78, 5) is 28.1. The van der Waals surface area contributed by atoms with Gasteiger partial charge in [0.1, 0.15) is 5.75 Å². The Morgan fingerprint density at radius 3 is 2.68 bits per heavy atom. The van der Waals surface area contributed by atoms with Gasteiger partial charge in [-0.05, 0) is 65.9 Å². The number of hydrogen-bond donors (Lipinski definition) is 2. The summed E-state index contributed by atoms with van der Waals surface area (Å²) < 4.78 is 7.93. The lowest BCUT2D eigenvalue weighted by molar-refractivity contribution is -0.121. The van der Waals surface area contributed by atoms with Gasteiger partial charge in [-0.2, -0.15) is 0 Å². The summed E-state index contributed by atoms with van der Waals surface area (Å²) in [5.41, 5.74) is 2.38. The van der Waals surface area contributed by atoms with E-state index in [1.807, 2.05) is 47.0 Å². The highest BCUT2D eigenvalue weighted by Crippen LogP contribution is 2.34. The van der Waals surface area contributed by atoms with Gasteiger partial charge in [-0.15, -0.1) is 0 Å². The molecule has 1 fully saturated rings. The van der Waals surface area contributed by atoms with Crippen molar-refractivity contribution in [3.05, 3.63) is 57.4 Å². The number of carbonyl (C=O) groups excluding carboxylic acids is 1. The van der Waals surface area contributed by atoms with E-state index in [-0.39, 0.29) is 23.6 Å². The number of ether oxygens (including phenoxy) is 1. The largest absolute Gasteiger partial charge is 0.497 e. The van der Waals surface area contributed by atoms with Gasteiger partial charge in [-0.3, -0.25) is 9.36 Å². The number of nitrogens with zero attached hydrogens (tertiary/aromatic N) is 1. The third-order valence-electron chi connectivity index (χ3n) is 5.47. The van der Waals surface area contributed by atoms with Crippen molar-refractivity contribution in [1.29, 1.82) is 0 Å². The molecule has 0 unspecified atom stereocenters. The fourth-order valence-electron chi connectivity index (χ4n) is 4.02. The zero-order valence-electron chi connectivity index (χ0n) is 15.6. The smallest absolute Gasteiger partial charge is 0.326 e. The van der Waals surface area contributed by atoms with Crippen molar-refractivity contribution in [3.63, 3.8) is 0 Å². The number of rotatable bonds is 4. The molecule has 0 atom stereocenters. The molecular formula is C21H22BrN3O3. The summed E-state index contributed by atoms with van der Waals surface area (Å²) in [6.07, 6.45) is 3.12. The van der Waals surface area contributed by atoms with Crippen molar-refractivity contribution in [3.8, 4) is 5.75 Å². The number of H-pyrrole nitrogens is 1. The molecule has 1 saturated carbocycles. The van der Waals surface area contributed by atoms with Crippen LogP contribution in [-0.2, 0) is 4.79 Å². The van der Waals surface area contributed by atoms with Gasteiger partial charge in [0, 0.05) is 28.2 Å². The van der Waals surface area contributed by atoms with E-state index in [4.69, 9.17) is 4.74 Å². The Bertz CT molecular complexity index is 1060. The van der Waals surface area contributed by atoms with E-state index in [0.29, 0.717) is 5.75 Å². The van der Waals surface area contributed by atoms with E-state index in [2.05, 4.69) is 26.2 Å². The van der Waals surface area contributed by atoms with Crippen molar-refractivity contribution in [2.45, 2.75) is 31.7 Å². The normalized spacial score (nSPS) is 19.5.